The van der Waals surface area contributed by atoms with E-state index in [-0.39, 0.29) is 5.91 Å². The molecule has 7 heteroatoms. The molecule has 1 aromatic heterocycles. The van der Waals surface area contributed by atoms with E-state index in [1.165, 1.54) is 11.8 Å². The van der Waals surface area contributed by atoms with Crippen LogP contribution in [-0.2, 0) is 4.79 Å². The molecular formula is C27H26N4O2S. The van der Waals surface area contributed by atoms with Crippen LogP contribution in [-0.4, -0.2) is 45.8 Å². The van der Waals surface area contributed by atoms with E-state index >= 15 is 0 Å². The van der Waals surface area contributed by atoms with Crippen molar-refractivity contribution in [2.24, 2.45) is 0 Å². The Morgan fingerprint density at radius 2 is 1.53 bits per heavy atom. The Balaban J connectivity index is 1.61. The van der Waals surface area contributed by atoms with E-state index in [1.807, 2.05) is 94.4 Å². The summed E-state index contributed by atoms with van der Waals surface area (Å²) in [4.78, 5) is 15.6. The summed E-state index contributed by atoms with van der Waals surface area (Å²) in [6.07, 6.45) is 2.10. The van der Waals surface area contributed by atoms with Gasteiger partial charge in [-0.2, -0.15) is 0 Å². The summed E-state index contributed by atoms with van der Waals surface area (Å²) in [5.41, 5.74) is 2.73. The Hall–Kier alpha value is -3.58. The van der Waals surface area contributed by atoms with Gasteiger partial charge in [0.25, 0.3) is 0 Å². The fourth-order valence-corrected chi connectivity index (χ4v) is 5.40. The minimum Gasteiger partial charge on any atom is -0.496 e. The van der Waals surface area contributed by atoms with Crippen molar-refractivity contribution in [1.29, 1.82) is 0 Å². The molecule has 3 aromatic carbocycles. The predicted octanol–water partition coefficient (Wildman–Crippen LogP) is 5.40. The highest BCUT2D eigenvalue weighted by Gasteiger charge is 2.31. The van der Waals surface area contributed by atoms with Crippen molar-refractivity contribution in [1.82, 2.24) is 19.7 Å². The molecule has 1 aliphatic heterocycles. The summed E-state index contributed by atoms with van der Waals surface area (Å²) in [5.74, 6) is 1.51. The second-order valence-electron chi connectivity index (χ2n) is 8.12. The van der Waals surface area contributed by atoms with Gasteiger partial charge in [-0.15, -0.1) is 10.2 Å². The summed E-state index contributed by atoms with van der Waals surface area (Å²) in [6.45, 7) is 1.61. The van der Waals surface area contributed by atoms with E-state index < -0.39 is 5.25 Å². The third-order valence-corrected chi connectivity index (χ3v) is 7.15. The molecule has 1 fully saturated rings. The Morgan fingerprint density at radius 3 is 2.24 bits per heavy atom. The lowest BCUT2D eigenvalue weighted by Crippen LogP contribution is -2.31. The molecule has 6 nitrogen and oxygen atoms in total. The van der Waals surface area contributed by atoms with Crippen LogP contribution in [0.25, 0.3) is 17.1 Å². The molecule has 1 atom stereocenters. The SMILES string of the molecule is COc1ccccc1-c1nnc(S[C@H](C(=O)N2CCCC2)c2ccccc2)n1-c1ccccc1. The molecule has 4 aromatic rings. The van der Waals surface area contributed by atoms with Crippen molar-refractivity contribution in [3.8, 4) is 22.8 Å². The van der Waals surface area contributed by atoms with Crippen LogP contribution < -0.4 is 4.74 Å². The maximum atomic E-state index is 13.6. The maximum Gasteiger partial charge on any atom is 0.240 e. The van der Waals surface area contributed by atoms with Crippen molar-refractivity contribution in [3.05, 3.63) is 90.5 Å². The minimum atomic E-state index is -0.406. The molecule has 0 N–H and O–H groups in total. The molecular weight excluding hydrogens is 444 g/mol. The number of thioether (sulfide) groups is 1. The summed E-state index contributed by atoms with van der Waals surface area (Å²) in [5, 5.41) is 9.39. The fraction of sp³-hybridized carbons (Fsp3) is 0.222. The van der Waals surface area contributed by atoms with E-state index in [2.05, 4.69) is 10.2 Å². The molecule has 34 heavy (non-hydrogen) atoms. The molecule has 0 spiro atoms. The number of amides is 1. The van der Waals surface area contributed by atoms with Crippen LogP contribution in [0.3, 0.4) is 0 Å². The standard InChI is InChI=1S/C27H26N4O2S/c1-33-23-17-9-8-16-22(23)25-28-29-27(31(25)21-14-6-3-7-15-21)34-24(20-12-4-2-5-13-20)26(32)30-18-10-11-19-30/h2-9,12-17,24H,10-11,18-19H2,1H3/t24-/m0/s1. The molecule has 1 saturated heterocycles. The van der Waals surface area contributed by atoms with E-state index in [4.69, 9.17) is 4.74 Å². The summed E-state index contributed by atoms with van der Waals surface area (Å²) < 4.78 is 7.62. The van der Waals surface area contributed by atoms with Crippen LogP contribution in [0.5, 0.6) is 5.75 Å². The first-order chi connectivity index (χ1) is 16.8. The van der Waals surface area contributed by atoms with E-state index in [0.29, 0.717) is 11.0 Å². The zero-order valence-electron chi connectivity index (χ0n) is 19.0. The van der Waals surface area contributed by atoms with Gasteiger partial charge in [0.2, 0.25) is 5.91 Å². The number of methoxy groups -OCH3 is 1. The first kappa shape index (κ1) is 22.2. The number of carbonyl (C=O) groups is 1. The second-order valence-corrected chi connectivity index (χ2v) is 9.19. The Bertz CT molecular complexity index is 1250. The van der Waals surface area contributed by atoms with Crippen molar-refractivity contribution >= 4 is 17.7 Å². The molecule has 0 aliphatic carbocycles. The molecule has 0 saturated carbocycles. The lowest BCUT2D eigenvalue weighted by molar-refractivity contribution is -0.129. The van der Waals surface area contributed by atoms with Crippen LogP contribution in [0.1, 0.15) is 23.7 Å². The number of benzene rings is 3. The third-order valence-electron chi connectivity index (χ3n) is 5.96. The van der Waals surface area contributed by atoms with Gasteiger partial charge in [0.1, 0.15) is 11.0 Å². The van der Waals surface area contributed by atoms with Crippen molar-refractivity contribution in [2.75, 3.05) is 20.2 Å². The molecule has 0 unspecified atom stereocenters. The molecule has 1 amide bonds. The number of carbonyl (C=O) groups excluding carboxylic acids is 1. The normalized spacial score (nSPS) is 14.2. The summed E-state index contributed by atoms with van der Waals surface area (Å²) in [6, 6.07) is 27.7. The van der Waals surface area contributed by atoms with E-state index in [0.717, 1.165) is 48.5 Å². The van der Waals surface area contributed by atoms with Gasteiger partial charge in [-0.3, -0.25) is 9.36 Å². The van der Waals surface area contributed by atoms with Crippen LogP contribution in [0, 0.1) is 0 Å². The number of para-hydroxylation sites is 2. The largest absolute Gasteiger partial charge is 0.496 e. The minimum absolute atomic E-state index is 0.121. The molecule has 0 radical (unpaired) electrons. The number of rotatable bonds is 7. The summed E-state index contributed by atoms with van der Waals surface area (Å²) in [7, 11) is 1.65. The molecule has 0 bridgehead atoms. The molecule has 5 rings (SSSR count). The van der Waals surface area contributed by atoms with Gasteiger partial charge in [0.15, 0.2) is 11.0 Å². The highest BCUT2D eigenvalue weighted by atomic mass is 32.2. The van der Waals surface area contributed by atoms with Crippen molar-refractivity contribution < 1.29 is 9.53 Å². The van der Waals surface area contributed by atoms with Crippen LogP contribution in [0.4, 0.5) is 0 Å². The Kier molecular flexibility index (Phi) is 6.62. The number of aromatic nitrogens is 3. The second kappa shape index (κ2) is 10.1. The quantitative estimate of drug-likeness (QED) is 0.339. The monoisotopic (exact) mass is 470 g/mol. The van der Waals surface area contributed by atoms with Crippen molar-refractivity contribution in [2.45, 2.75) is 23.2 Å². The average molecular weight is 471 g/mol. The van der Waals surface area contributed by atoms with Gasteiger partial charge < -0.3 is 9.64 Å². The van der Waals surface area contributed by atoms with Gasteiger partial charge in [-0.05, 0) is 42.7 Å². The van der Waals surface area contributed by atoms with Gasteiger partial charge >= 0.3 is 0 Å². The number of likely N-dealkylation sites (tertiary alicyclic amines) is 1. The van der Waals surface area contributed by atoms with Gasteiger partial charge in [-0.1, -0.05) is 72.4 Å². The van der Waals surface area contributed by atoms with Gasteiger partial charge in [-0.25, -0.2) is 0 Å². The van der Waals surface area contributed by atoms with Gasteiger partial charge in [0.05, 0.1) is 12.7 Å². The lowest BCUT2D eigenvalue weighted by Gasteiger charge is -2.23. The average Bonchev–Trinajstić information content (AvgIpc) is 3.58. The van der Waals surface area contributed by atoms with Gasteiger partial charge in [0, 0.05) is 18.8 Å². The third kappa shape index (κ3) is 4.43. The highest BCUT2D eigenvalue weighted by molar-refractivity contribution is 8.00. The predicted molar refractivity (Wildman–Crippen MR) is 134 cm³/mol. The highest BCUT2D eigenvalue weighted by Crippen LogP contribution is 2.40. The van der Waals surface area contributed by atoms with Crippen LogP contribution >= 0.6 is 11.8 Å². The number of hydrogen-bond donors (Lipinski definition) is 0. The van der Waals surface area contributed by atoms with Crippen LogP contribution in [0.15, 0.2) is 90.1 Å². The molecule has 1 aliphatic rings. The maximum absolute atomic E-state index is 13.6. The zero-order valence-corrected chi connectivity index (χ0v) is 19.8. The van der Waals surface area contributed by atoms with E-state index in [1.54, 1.807) is 7.11 Å². The number of nitrogens with zero attached hydrogens (tertiary/aromatic N) is 4. The van der Waals surface area contributed by atoms with E-state index in [9.17, 15) is 4.79 Å². The fourth-order valence-electron chi connectivity index (χ4n) is 4.26. The Labute approximate surface area is 203 Å². The number of ether oxygens (including phenoxy) is 1. The number of hydrogen-bond acceptors (Lipinski definition) is 5. The Morgan fingerprint density at radius 1 is 0.882 bits per heavy atom. The smallest absolute Gasteiger partial charge is 0.240 e. The zero-order chi connectivity index (χ0) is 23.3. The summed E-state index contributed by atoms with van der Waals surface area (Å²) >= 11 is 1.44. The van der Waals surface area contributed by atoms with Crippen molar-refractivity contribution in [3.63, 3.8) is 0 Å². The first-order valence-corrected chi connectivity index (χ1v) is 12.3. The molecule has 172 valence electrons. The molecule has 2 heterocycles. The van der Waals surface area contributed by atoms with Crippen LogP contribution in [0.2, 0.25) is 0 Å². The first-order valence-electron chi connectivity index (χ1n) is 11.4. The topological polar surface area (TPSA) is 60.3 Å². The lowest BCUT2D eigenvalue weighted by atomic mass is 10.1.